The number of hydrogen-bond donors (Lipinski definition) is 1. The molecule has 0 aliphatic heterocycles. The largest absolute Gasteiger partial charge is 0.478 e. The average Bonchev–Trinajstić information content (AvgIpc) is 2.52. The number of para-hydroxylation sites is 1. The minimum Gasteiger partial charge on any atom is -0.478 e. The molecular weight excluding hydrogens is 307 g/mol. The van der Waals surface area contributed by atoms with Gasteiger partial charge in [0.1, 0.15) is 23.8 Å². The molecule has 0 aliphatic carbocycles. The first kappa shape index (κ1) is 16.4. The molecule has 2 rings (SSSR count). The number of amides is 1. The van der Waals surface area contributed by atoms with E-state index in [2.05, 4.69) is 17.2 Å². The highest BCUT2D eigenvalue weighted by molar-refractivity contribution is 5.94. The third-order valence-electron chi connectivity index (χ3n) is 2.79. The summed E-state index contributed by atoms with van der Waals surface area (Å²) < 4.78 is 45.0. The van der Waals surface area contributed by atoms with Crippen molar-refractivity contribution >= 4 is 5.91 Å². The Kier molecular flexibility index (Phi) is 5.64. The highest BCUT2D eigenvalue weighted by Gasteiger charge is 2.15. The lowest BCUT2D eigenvalue weighted by Crippen LogP contribution is -2.25. The van der Waals surface area contributed by atoms with Crippen LogP contribution in [0.5, 0.6) is 5.75 Å². The van der Waals surface area contributed by atoms with Crippen LogP contribution in [0.4, 0.5) is 13.2 Å². The lowest BCUT2D eigenvalue weighted by atomic mass is 10.2. The fraction of sp³-hybridized carbons (Fsp3) is 0.118. The van der Waals surface area contributed by atoms with Crippen molar-refractivity contribution in [2.45, 2.75) is 0 Å². The third-order valence-corrected chi connectivity index (χ3v) is 2.79. The third kappa shape index (κ3) is 4.51. The van der Waals surface area contributed by atoms with Gasteiger partial charge in [-0.1, -0.05) is 30.0 Å². The molecular formula is C17H12F3NO2. The zero-order chi connectivity index (χ0) is 16.7. The minimum atomic E-state index is -0.946. The molecule has 0 aliphatic rings. The molecule has 2 aromatic rings. The zero-order valence-corrected chi connectivity index (χ0v) is 11.9. The fourth-order valence-electron chi connectivity index (χ4n) is 1.72. The van der Waals surface area contributed by atoms with Crippen LogP contribution >= 0.6 is 0 Å². The van der Waals surface area contributed by atoms with Gasteiger partial charge in [0, 0.05) is 0 Å². The number of benzene rings is 2. The van der Waals surface area contributed by atoms with Crippen LogP contribution in [0.2, 0.25) is 0 Å². The molecule has 0 aromatic heterocycles. The fourth-order valence-corrected chi connectivity index (χ4v) is 1.72. The smallest absolute Gasteiger partial charge is 0.258 e. The molecule has 118 valence electrons. The number of carbonyl (C=O) groups excluding carboxylic acids is 1. The summed E-state index contributed by atoms with van der Waals surface area (Å²) >= 11 is 0. The van der Waals surface area contributed by atoms with Crippen molar-refractivity contribution in [3.05, 3.63) is 65.5 Å². The van der Waals surface area contributed by atoms with E-state index < -0.39 is 28.9 Å². The Bertz CT molecular complexity index is 746. The molecule has 1 amide bonds. The van der Waals surface area contributed by atoms with Gasteiger partial charge in [0.2, 0.25) is 0 Å². The van der Waals surface area contributed by atoms with Crippen molar-refractivity contribution in [2.75, 3.05) is 13.2 Å². The van der Waals surface area contributed by atoms with Crippen LogP contribution in [0.25, 0.3) is 0 Å². The SMILES string of the molecule is O=C(NCC#CCOc1ccccc1F)c1c(F)cccc1F. The van der Waals surface area contributed by atoms with E-state index in [1.54, 1.807) is 6.07 Å². The van der Waals surface area contributed by atoms with Gasteiger partial charge < -0.3 is 10.1 Å². The van der Waals surface area contributed by atoms with E-state index in [4.69, 9.17) is 4.74 Å². The molecule has 0 fully saturated rings. The number of ether oxygens (including phenoxy) is 1. The molecule has 1 N–H and O–H groups in total. The maximum atomic E-state index is 13.4. The van der Waals surface area contributed by atoms with E-state index >= 15 is 0 Å². The molecule has 0 radical (unpaired) electrons. The molecule has 6 heteroatoms. The lowest BCUT2D eigenvalue weighted by Gasteiger charge is -2.04. The number of nitrogens with one attached hydrogen (secondary N) is 1. The van der Waals surface area contributed by atoms with Crippen molar-refractivity contribution in [1.29, 1.82) is 0 Å². The Hall–Kier alpha value is -2.94. The summed E-state index contributed by atoms with van der Waals surface area (Å²) in [5.74, 6) is 1.87. The molecule has 23 heavy (non-hydrogen) atoms. The van der Waals surface area contributed by atoms with Gasteiger partial charge in [-0.25, -0.2) is 13.2 Å². The van der Waals surface area contributed by atoms with Crippen LogP contribution in [-0.2, 0) is 0 Å². The number of carbonyl (C=O) groups is 1. The topological polar surface area (TPSA) is 38.3 Å². The minimum absolute atomic E-state index is 0.0688. The zero-order valence-electron chi connectivity index (χ0n) is 11.9. The lowest BCUT2D eigenvalue weighted by molar-refractivity contribution is 0.0950. The summed E-state index contributed by atoms with van der Waals surface area (Å²) in [6.45, 7) is -0.196. The molecule has 2 aromatic carbocycles. The summed E-state index contributed by atoms with van der Waals surface area (Å²) in [4.78, 5) is 11.6. The van der Waals surface area contributed by atoms with E-state index in [9.17, 15) is 18.0 Å². The second kappa shape index (κ2) is 7.90. The first-order valence-corrected chi connectivity index (χ1v) is 6.65. The molecule has 0 heterocycles. The molecule has 0 atom stereocenters. The highest BCUT2D eigenvalue weighted by atomic mass is 19.1. The van der Waals surface area contributed by atoms with Gasteiger partial charge in [-0.3, -0.25) is 4.79 Å². The Balaban J connectivity index is 1.82. The summed E-state index contributed by atoms with van der Waals surface area (Å²) in [6, 6.07) is 9.02. The average molecular weight is 319 g/mol. The Labute approximate surface area is 131 Å². The van der Waals surface area contributed by atoms with Gasteiger partial charge in [-0.15, -0.1) is 0 Å². The van der Waals surface area contributed by atoms with Gasteiger partial charge in [0.15, 0.2) is 11.6 Å². The molecule has 0 saturated carbocycles. The van der Waals surface area contributed by atoms with Crippen LogP contribution in [0.3, 0.4) is 0 Å². The molecule has 0 bridgehead atoms. The molecule has 0 spiro atoms. The molecule has 0 unspecified atom stereocenters. The second-order valence-corrected chi connectivity index (χ2v) is 4.35. The van der Waals surface area contributed by atoms with Gasteiger partial charge in [-0.05, 0) is 24.3 Å². The number of hydrogen-bond acceptors (Lipinski definition) is 2. The quantitative estimate of drug-likeness (QED) is 0.880. The van der Waals surface area contributed by atoms with Crippen molar-refractivity contribution < 1.29 is 22.7 Å². The Morgan fingerprint density at radius 3 is 2.30 bits per heavy atom. The van der Waals surface area contributed by atoms with E-state index in [1.807, 2.05) is 0 Å². The van der Waals surface area contributed by atoms with Crippen molar-refractivity contribution in [3.63, 3.8) is 0 Å². The monoisotopic (exact) mass is 319 g/mol. The summed E-state index contributed by atoms with van der Waals surface area (Å²) in [7, 11) is 0. The molecule has 0 saturated heterocycles. The van der Waals surface area contributed by atoms with E-state index in [0.29, 0.717) is 0 Å². The van der Waals surface area contributed by atoms with Gasteiger partial charge in [0.05, 0.1) is 6.54 Å². The predicted octanol–water partition coefficient (Wildman–Crippen LogP) is 2.92. The summed E-state index contributed by atoms with van der Waals surface area (Å²) in [5.41, 5.74) is -0.656. The Morgan fingerprint density at radius 1 is 0.957 bits per heavy atom. The van der Waals surface area contributed by atoms with E-state index in [-0.39, 0.29) is 18.9 Å². The number of rotatable bonds is 4. The van der Waals surface area contributed by atoms with Gasteiger partial charge in [0.25, 0.3) is 5.91 Å². The maximum Gasteiger partial charge on any atom is 0.258 e. The van der Waals surface area contributed by atoms with Crippen LogP contribution in [0.15, 0.2) is 42.5 Å². The van der Waals surface area contributed by atoms with Crippen molar-refractivity contribution in [3.8, 4) is 17.6 Å². The highest BCUT2D eigenvalue weighted by Crippen LogP contribution is 2.14. The van der Waals surface area contributed by atoms with Crippen LogP contribution < -0.4 is 10.1 Å². The second-order valence-electron chi connectivity index (χ2n) is 4.35. The van der Waals surface area contributed by atoms with Crippen LogP contribution in [0.1, 0.15) is 10.4 Å². The summed E-state index contributed by atoms with van der Waals surface area (Å²) in [5, 5.41) is 2.27. The standard InChI is InChI=1S/C17H12F3NO2/c18-12-6-1-2-9-15(12)23-11-4-3-10-21-17(22)16-13(19)7-5-8-14(16)20/h1-2,5-9H,10-11H2,(H,21,22). The molecule has 3 nitrogen and oxygen atoms in total. The first-order valence-electron chi connectivity index (χ1n) is 6.65. The summed E-state index contributed by atoms with van der Waals surface area (Å²) in [6.07, 6.45) is 0. The predicted molar refractivity (Wildman–Crippen MR) is 78.4 cm³/mol. The van der Waals surface area contributed by atoms with Gasteiger partial charge >= 0.3 is 0 Å². The normalized spacial score (nSPS) is 9.70. The maximum absolute atomic E-state index is 13.4. The van der Waals surface area contributed by atoms with E-state index in [1.165, 1.54) is 24.3 Å². The number of halogens is 3. The Morgan fingerprint density at radius 2 is 1.61 bits per heavy atom. The van der Waals surface area contributed by atoms with Crippen molar-refractivity contribution in [2.24, 2.45) is 0 Å². The van der Waals surface area contributed by atoms with Crippen LogP contribution in [0, 0.1) is 29.3 Å². The van der Waals surface area contributed by atoms with Crippen molar-refractivity contribution in [1.82, 2.24) is 5.32 Å². The van der Waals surface area contributed by atoms with Gasteiger partial charge in [-0.2, -0.15) is 0 Å². The van der Waals surface area contributed by atoms with Crippen LogP contribution in [-0.4, -0.2) is 19.1 Å². The first-order chi connectivity index (χ1) is 11.1. The van der Waals surface area contributed by atoms with E-state index in [0.717, 1.165) is 12.1 Å².